The molecule has 0 aromatic carbocycles. The predicted octanol–water partition coefficient (Wildman–Crippen LogP) is -0.129. The van der Waals surface area contributed by atoms with Crippen LogP contribution in [0.2, 0.25) is 0 Å². The lowest BCUT2D eigenvalue weighted by molar-refractivity contribution is -0.125. The Labute approximate surface area is 150 Å². The van der Waals surface area contributed by atoms with Crippen LogP contribution in [0.25, 0.3) is 0 Å². The van der Waals surface area contributed by atoms with Crippen molar-refractivity contribution in [3.05, 3.63) is 0 Å². The van der Waals surface area contributed by atoms with Gasteiger partial charge in [-0.15, -0.1) is 0 Å². The Morgan fingerprint density at radius 3 is 2.64 bits per heavy atom. The maximum absolute atomic E-state index is 11.9. The van der Waals surface area contributed by atoms with Gasteiger partial charge in [-0.3, -0.25) is 4.79 Å². The molecule has 25 heavy (non-hydrogen) atoms. The SMILES string of the molecule is CC(C)NC(=O)C[C@@H]1C[C@H]2O[C@H](CNC3CCN(C)CC3)[C@@H](O)[C@H]2O1. The molecule has 0 aliphatic carbocycles. The van der Waals surface area contributed by atoms with Gasteiger partial charge in [0, 0.05) is 25.0 Å². The van der Waals surface area contributed by atoms with Crippen LogP contribution in [0.3, 0.4) is 0 Å². The minimum atomic E-state index is -0.623. The Hall–Kier alpha value is -0.730. The molecule has 0 saturated carbocycles. The summed E-state index contributed by atoms with van der Waals surface area (Å²) in [6.45, 7) is 6.76. The van der Waals surface area contributed by atoms with E-state index in [1.54, 1.807) is 0 Å². The Balaban J connectivity index is 1.40. The van der Waals surface area contributed by atoms with Crippen molar-refractivity contribution in [2.24, 2.45) is 0 Å². The average molecular weight is 355 g/mol. The zero-order valence-electron chi connectivity index (χ0n) is 15.6. The number of ether oxygens (including phenoxy) is 2. The molecule has 0 radical (unpaired) electrons. The normalized spacial score (nSPS) is 36.8. The second-order valence-electron chi connectivity index (χ2n) is 8.07. The number of nitrogens with one attached hydrogen (secondary N) is 2. The lowest BCUT2D eigenvalue weighted by Gasteiger charge is -2.30. The molecule has 5 atom stereocenters. The van der Waals surface area contributed by atoms with Crippen molar-refractivity contribution in [1.29, 1.82) is 0 Å². The van der Waals surface area contributed by atoms with Gasteiger partial charge in [-0.05, 0) is 46.8 Å². The predicted molar refractivity (Wildman–Crippen MR) is 94.4 cm³/mol. The summed E-state index contributed by atoms with van der Waals surface area (Å²) >= 11 is 0. The van der Waals surface area contributed by atoms with E-state index < -0.39 is 6.10 Å². The van der Waals surface area contributed by atoms with Gasteiger partial charge in [0.1, 0.15) is 12.2 Å². The Bertz CT molecular complexity index is 454. The molecule has 0 aromatic heterocycles. The highest BCUT2D eigenvalue weighted by atomic mass is 16.6. The van der Waals surface area contributed by atoms with Gasteiger partial charge in [0.15, 0.2) is 0 Å². The van der Waals surface area contributed by atoms with E-state index in [2.05, 4.69) is 22.6 Å². The van der Waals surface area contributed by atoms with Gasteiger partial charge in [0.2, 0.25) is 5.91 Å². The van der Waals surface area contributed by atoms with Gasteiger partial charge >= 0.3 is 0 Å². The molecule has 3 N–H and O–H groups in total. The number of likely N-dealkylation sites (tertiary alicyclic amines) is 1. The second kappa shape index (κ2) is 8.31. The molecule has 144 valence electrons. The van der Waals surface area contributed by atoms with E-state index >= 15 is 0 Å². The number of fused-ring (bicyclic) bond motifs is 1. The first-order valence-corrected chi connectivity index (χ1v) is 9.62. The molecule has 7 nitrogen and oxygen atoms in total. The molecular weight excluding hydrogens is 322 g/mol. The fourth-order valence-electron chi connectivity index (χ4n) is 4.09. The average Bonchev–Trinajstić information content (AvgIpc) is 3.05. The summed E-state index contributed by atoms with van der Waals surface area (Å²) in [6, 6.07) is 0.631. The van der Waals surface area contributed by atoms with Gasteiger partial charge in [0.25, 0.3) is 0 Å². The maximum Gasteiger partial charge on any atom is 0.222 e. The molecule has 0 aromatic rings. The zero-order chi connectivity index (χ0) is 18.0. The van der Waals surface area contributed by atoms with E-state index in [0.717, 1.165) is 25.9 Å². The van der Waals surface area contributed by atoms with Crippen LogP contribution in [-0.4, -0.2) is 85.2 Å². The van der Waals surface area contributed by atoms with Gasteiger partial charge in [-0.25, -0.2) is 0 Å². The number of nitrogens with zero attached hydrogens (tertiary/aromatic N) is 1. The molecule has 3 rings (SSSR count). The molecule has 3 fully saturated rings. The number of hydrogen-bond acceptors (Lipinski definition) is 6. The summed E-state index contributed by atoms with van der Waals surface area (Å²) in [6.07, 6.45) is 1.87. The first kappa shape index (κ1) is 19.0. The highest BCUT2D eigenvalue weighted by Gasteiger charge is 2.50. The van der Waals surface area contributed by atoms with Crippen molar-refractivity contribution in [2.75, 3.05) is 26.7 Å². The van der Waals surface area contributed by atoms with Crippen LogP contribution in [0.5, 0.6) is 0 Å². The Kier molecular flexibility index (Phi) is 6.33. The lowest BCUT2D eigenvalue weighted by Crippen LogP contribution is -2.46. The lowest BCUT2D eigenvalue weighted by atomic mass is 10.0. The third-order valence-electron chi connectivity index (χ3n) is 5.47. The topological polar surface area (TPSA) is 83.1 Å². The van der Waals surface area contributed by atoms with Crippen molar-refractivity contribution in [3.8, 4) is 0 Å². The summed E-state index contributed by atoms with van der Waals surface area (Å²) in [5.74, 6) is -0.00468. The van der Waals surface area contributed by atoms with Crippen molar-refractivity contribution >= 4 is 5.91 Å². The van der Waals surface area contributed by atoms with Crippen molar-refractivity contribution in [3.63, 3.8) is 0 Å². The van der Waals surface area contributed by atoms with Crippen LogP contribution in [0.15, 0.2) is 0 Å². The summed E-state index contributed by atoms with van der Waals surface area (Å²) in [4.78, 5) is 14.2. The van der Waals surface area contributed by atoms with Crippen LogP contribution >= 0.6 is 0 Å². The molecule has 1 amide bonds. The van der Waals surface area contributed by atoms with E-state index in [1.807, 2.05) is 13.8 Å². The monoisotopic (exact) mass is 355 g/mol. The minimum Gasteiger partial charge on any atom is -0.388 e. The number of rotatable bonds is 6. The van der Waals surface area contributed by atoms with E-state index in [4.69, 9.17) is 9.47 Å². The molecular formula is C18H33N3O4. The molecule has 3 aliphatic heterocycles. The van der Waals surface area contributed by atoms with E-state index in [9.17, 15) is 9.90 Å². The third kappa shape index (κ3) is 4.92. The third-order valence-corrected chi connectivity index (χ3v) is 5.47. The number of hydrogen-bond donors (Lipinski definition) is 3. The van der Waals surface area contributed by atoms with Crippen LogP contribution in [0.4, 0.5) is 0 Å². The maximum atomic E-state index is 11.9. The summed E-state index contributed by atoms with van der Waals surface area (Å²) in [5, 5.41) is 16.9. The Morgan fingerprint density at radius 2 is 2.00 bits per heavy atom. The molecule has 3 heterocycles. The molecule has 0 unspecified atom stereocenters. The van der Waals surface area contributed by atoms with Crippen LogP contribution in [0.1, 0.15) is 39.5 Å². The molecule has 0 bridgehead atoms. The summed E-state index contributed by atoms with van der Waals surface area (Å²) < 4.78 is 11.9. The highest BCUT2D eigenvalue weighted by molar-refractivity contribution is 5.76. The second-order valence-corrected chi connectivity index (χ2v) is 8.07. The number of aliphatic hydroxyl groups is 1. The number of aliphatic hydroxyl groups excluding tert-OH is 1. The first-order valence-electron chi connectivity index (χ1n) is 9.62. The summed E-state index contributed by atoms with van der Waals surface area (Å²) in [5.41, 5.74) is 0. The smallest absolute Gasteiger partial charge is 0.222 e. The summed E-state index contributed by atoms with van der Waals surface area (Å²) in [7, 11) is 2.15. The molecule has 3 aliphatic rings. The van der Waals surface area contributed by atoms with Crippen molar-refractivity contribution in [1.82, 2.24) is 15.5 Å². The fourth-order valence-corrected chi connectivity index (χ4v) is 4.09. The number of amides is 1. The van der Waals surface area contributed by atoms with Crippen LogP contribution in [-0.2, 0) is 14.3 Å². The largest absolute Gasteiger partial charge is 0.388 e. The number of piperidine rings is 1. The number of carbonyl (C=O) groups excluding carboxylic acids is 1. The standard InChI is InChI=1S/C18H33N3O4/c1-11(2)20-16(22)9-13-8-14-18(24-13)17(23)15(25-14)10-19-12-4-6-21(3)7-5-12/h11-15,17-19,23H,4-10H2,1-3H3,(H,20,22)/t13-,14+,15+,17+,18-/m0/s1. The van der Waals surface area contributed by atoms with Crippen molar-refractivity contribution in [2.45, 2.75) is 82.1 Å². The molecule has 7 heteroatoms. The van der Waals surface area contributed by atoms with Crippen LogP contribution in [0, 0.1) is 0 Å². The zero-order valence-corrected chi connectivity index (χ0v) is 15.6. The molecule has 0 spiro atoms. The Morgan fingerprint density at radius 1 is 1.28 bits per heavy atom. The molecule has 3 saturated heterocycles. The number of carbonyl (C=O) groups is 1. The van der Waals surface area contributed by atoms with Crippen molar-refractivity contribution < 1.29 is 19.4 Å². The van der Waals surface area contributed by atoms with Gasteiger partial charge in [0.05, 0.1) is 24.7 Å². The minimum absolute atomic E-state index is 0.00468. The van der Waals surface area contributed by atoms with E-state index in [-0.39, 0.29) is 36.4 Å². The van der Waals surface area contributed by atoms with Crippen LogP contribution < -0.4 is 10.6 Å². The van der Waals surface area contributed by atoms with Gasteiger partial charge < -0.3 is 30.1 Å². The van der Waals surface area contributed by atoms with E-state index in [0.29, 0.717) is 25.4 Å². The van der Waals surface area contributed by atoms with E-state index in [1.165, 1.54) is 0 Å². The van der Waals surface area contributed by atoms with Gasteiger partial charge in [-0.1, -0.05) is 0 Å². The highest BCUT2D eigenvalue weighted by Crippen LogP contribution is 2.35. The van der Waals surface area contributed by atoms with Gasteiger partial charge in [-0.2, -0.15) is 0 Å². The first-order chi connectivity index (χ1) is 11.9. The quantitative estimate of drug-likeness (QED) is 0.616. The fraction of sp³-hybridized carbons (Fsp3) is 0.944.